The van der Waals surface area contributed by atoms with Gasteiger partial charge in [0.25, 0.3) is 5.91 Å². The molecule has 0 aliphatic carbocycles. The third-order valence-electron chi connectivity index (χ3n) is 2.27. The molecule has 5 heteroatoms. The maximum absolute atomic E-state index is 11.5. The monoisotopic (exact) mass is 234 g/mol. The maximum Gasteiger partial charge on any atom is 0.251 e. The van der Waals surface area contributed by atoms with Crippen molar-refractivity contribution in [3.05, 3.63) is 35.4 Å². The van der Waals surface area contributed by atoms with Crippen molar-refractivity contribution in [3.8, 4) is 0 Å². The van der Waals surface area contributed by atoms with Crippen LogP contribution in [0.5, 0.6) is 0 Å². The molecular formula is C12H18N4O. The van der Waals surface area contributed by atoms with Gasteiger partial charge in [-0.2, -0.15) is 0 Å². The van der Waals surface area contributed by atoms with Gasteiger partial charge in [-0.1, -0.05) is 12.1 Å². The minimum atomic E-state index is -0.0540. The summed E-state index contributed by atoms with van der Waals surface area (Å²) in [5.41, 5.74) is 7.22. The lowest BCUT2D eigenvalue weighted by molar-refractivity contribution is 0.0956. The third kappa shape index (κ3) is 4.14. The van der Waals surface area contributed by atoms with E-state index in [9.17, 15) is 4.79 Å². The van der Waals surface area contributed by atoms with Crippen LogP contribution < -0.4 is 16.4 Å². The van der Waals surface area contributed by atoms with E-state index in [0.29, 0.717) is 24.6 Å². The zero-order chi connectivity index (χ0) is 12.7. The summed E-state index contributed by atoms with van der Waals surface area (Å²) in [5.74, 6) is 0.347. The van der Waals surface area contributed by atoms with E-state index in [-0.39, 0.29) is 5.91 Å². The zero-order valence-electron chi connectivity index (χ0n) is 10.2. The lowest BCUT2D eigenvalue weighted by atomic mass is 10.1. The van der Waals surface area contributed by atoms with E-state index in [0.717, 1.165) is 5.56 Å². The molecule has 0 aliphatic heterocycles. The molecule has 0 fully saturated rings. The summed E-state index contributed by atoms with van der Waals surface area (Å²) >= 11 is 0. The quantitative estimate of drug-likeness (QED) is 0.523. The fourth-order valence-corrected chi connectivity index (χ4v) is 1.31. The molecule has 0 radical (unpaired) electrons. The van der Waals surface area contributed by atoms with E-state index in [1.54, 1.807) is 19.2 Å². The number of amides is 1. The highest BCUT2D eigenvalue weighted by Crippen LogP contribution is 2.04. The Balaban J connectivity index is 2.59. The molecule has 92 valence electrons. The molecule has 0 aromatic heterocycles. The van der Waals surface area contributed by atoms with E-state index in [2.05, 4.69) is 15.6 Å². The number of hydrogen-bond donors (Lipinski definition) is 3. The molecule has 5 nitrogen and oxygen atoms in total. The molecule has 17 heavy (non-hydrogen) atoms. The fourth-order valence-electron chi connectivity index (χ4n) is 1.31. The lowest BCUT2D eigenvalue weighted by Crippen LogP contribution is -2.30. The van der Waals surface area contributed by atoms with E-state index in [1.807, 2.05) is 19.1 Å². The molecule has 0 aliphatic rings. The highest BCUT2D eigenvalue weighted by Gasteiger charge is 2.03. The summed E-state index contributed by atoms with van der Waals surface area (Å²) in [5, 5.41) is 5.70. The molecule has 0 unspecified atom stereocenters. The van der Waals surface area contributed by atoms with Gasteiger partial charge in [0.1, 0.15) is 0 Å². The molecule has 0 saturated heterocycles. The summed E-state index contributed by atoms with van der Waals surface area (Å²) in [6.07, 6.45) is 0. The average molecular weight is 234 g/mol. The molecule has 0 atom stereocenters. The van der Waals surface area contributed by atoms with Crippen molar-refractivity contribution < 1.29 is 4.79 Å². The molecule has 1 rings (SSSR count). The summed E-state index contributed by atoms with van der Waals surface area (Å²) in [6, 6.07) is 7.36. The van der Waals surface area contributed by atoms with Gasteiger partial charge in [-0.05, 0) is 24.6 Å². The molecule has 0 spiro atoms. The molecule has 0 bridgehead atoms. The second-order valence-electron chi connectivity index (χ2n) is 3.52. The van der Waals surface area contributed by atoms with Crippen LogP contribution in [0, 0.1) is 0 Å². The van der Waals surface area contributed by atoms with Crippen LogP contribution in [0.1, 0.15) is 22.8 Å². The topological polar surface area (TPSA) is 79.5 Å². The first kappa shape index (κ1) is 13.0. The van der Waals surface area contributed by atoms with E-state index in [4.69, 9.17) is 5.73 Å². The highest BCUT2D eigenvalue weighted by molar-refractivity contribution is 5.94. The first-order valence-electron chi connectivity index (χ1n) is 5.50. The molecule has 0 saturated carbocycles. The van der Waals surface area contributed by atoms with Crippen molar-refractivity contribution in [2.45, 2.75) is 13.5 Å². The average Bonchev–Trinajstić information content (AvgIpc) is 2.36. The van der Waals surface area contributed by atoms with Crippen LogP contribution in [0.3, 0.4) is 0 Å². The third-order valence-corrected chi connectivity index (χ3v) is 2.27. The molecule has 1 aromatic rings. The van der Waals surface area contributed by atoms with Gasteiger partial charge in [0.15, 0.2) is 5.96 Å². The van der Waals surface area contributed by atoms with Gasteiger partial charge in [-0.25, -0.2) is 0 Å². The predicted molar refractivity (Wildman–Crippen MR) is 68.8 cm³/mol. The van der Waals surface area contributed by atoms with Crippen LogP contribution in [-0.2, 0) is 6.54 Å². The zero-order valence-corrected chi connectivity index (χ0v) is 10.2. The highest BCUT2D eigenvalue weighted by atomic mass is 16.1. The summed E-state index contributed by atoms with van der Waals surface area (Å²) in [7, 11) is 1.63. The fraction of sp³-hybridized carbons (Fsp3) is 0.333. The summed E-state index contributed by atoms with van der Waals surface area (Å²) < 4.78 is 0. The Kier molecular flexibility index (Phi) is 5.00. The lowest BCUT2D eigenvalue weighted by Gasteiger charge is -2.06. The largest absolute Gasteiger partial charge is 0.370 e. The van der Waals surface area contributed by atoms with Crippen molar-refractivity contribution in [2.75, 3.05) is 13.6 Å². The van der Waals surface area contributed by atoms with Gasteiger partial charge < -0.3 is 16.4 Å². The van der Waals surface area contributed by atoms with E-state index >= 15 is 0 Å². The number of nitrogens with two attached hydrogens (primary N) is 1. The summed E-state index contributed by atoms with van der Waals surface area (Å²) in [4.78, 5) is 15.3. The Labute approximate surface area is 101 Å². The van der Waals surface area contributed by atoms with E-state index < -0.39 is 0 Å². The molecule has 1 amide bonds. The Morgan fingerprint density at radius 2 is 1.94 bits per heavy atom. The normalized spacial score (nSPS) is 11.1. The number of nitrogens with one attached hydrogen (secondary N) is 2. The van der Waals surface area contributed by atoms with Crippen LogP contribution >= 0.6 is 0 Å². The van der Waals surface area contributed by atoms with Crippen molar-refractivity contribution in [1.82, 2.24) is 10.6 Å². The smallest absolute Gasteiger partial charge is 0.251 e. The van der Waals surface area contributed by atoms with Crippen molar-refractivity contribution in [1.29, 1.82) is 0 Å². The van der Waals surface area contributed by atoms with Gasteiger partial charge in [0, 0.05) is 25.7 Å². The standard InChI is InChI=1S/C12H18N4O/c1-3-15-11(17)10-6-4-9(5-7-10)8-16-12(13)14-2/h4-7H,3,8H2,1-2H3,(H,15,17)(H3,13,14,16). The predicted octanol–water partition coefficient (Wildman–Crippen LogP) is 0.470. The van der Waals surface area contributed by atoms with E-state index in [1.165, 1.54) is 0 Å². The van der Waals surface area contributed by atoms with Gasteiger partial charge >= 0.3 is 0 Å². The minimum absolute atomic E-state index is 0.0540. The number of carbonyl (C=O) groups is 1. The number of rotatable bonds is 4. The number of hydrogen-bond acceptors (Lipinski definition) is 2. The van der Waals surface area contributed by atoms with Crippen LogP contribution in [0.15, 0.2) is 29.3 Å². The second-order valence-corrected chi connectivity index (χ2v) is 3.52. The Morgan fingerprint density at radius 3 is 2.47 bits per heavy atom. The molecular weight excluding hydrogens is 216 g/mol. The van der Waals surface area contributed by atoms with Gasteiger partial charge in [-0.3, -0.25) is 9.79 Å². The number of benzene rings is 1. The molecule has 1 aromatic carbocycles. The Hall–Kier alpha value is -2.04. The number of nitrogens with zero attached hydrogens (tertiary/aromatic N) is 1. The van der Waals surface area contributed by atoms with Crippen LogP contribution in [0.4, 0.5) is 0 Å². The maximum atomic E-state index is 11.5. The second kappa shape index (κ2) is 6.52. The van der Waals surface area contributed by atoms with Crippen LogP contribution in [-0.4, -0.2) is 25.5 Å². The minimum Gasteiger partial charge on any atom is -0.370 e. The Morgan fingerprint density at radius 1 is 1.29 bits per heavy atom. The number of aliphatic imine (C=N–C) groups is 1. The Bertz CT molecular complexity index is 397. The summed E-state index contributed by atoms with van der Waals surface area (Å²) in [6.45, 7) is 3.12. The van der Waals surface area contributed by atoms with Crippen molar-refractivity contribution >= 4 is 11.9 Å². The van der Waals surface area contributed by atoms with Gasteiger partial charge in [0.05, 0.1) is 0 Å². The van der Waals surface area contributed by atoms with Crippen molar-refractivity contribution in [2.24, 2.45) is 10.7 Å². The van der Waals surface area contributed by atoms with Crippen LogP contribution in [0.2, 0.25) is 0 Å². The SMILES string of the molecule is CCNC(=O)c1ccc(CNC(N)=NC)cc1. The van der Waals surface area contributed by atoms with Gasteiger partial charge in [0.2, 0.25) is 0 Å². The number of carbonyl (C=O) groups excluding carboxylic acids is 1. The van der Waals surface area contributed by atoms with Crippen LogP contribution in [0.25, 0.3) is 0 Å². The van der Waals surface area contributed by atoms with Crippen molar-refractivity contribution in [3.63, 3.8) is 0 Å². The molecule has 0 heterocycles. The first-order chi connectivity index (χ1) is 8.17. The first-order valence-corrected chi connectivity index (χ1v) is 5.50. The molecule has 4 N–H and O–H groups in total. The number of guanidine groups is 1. The van der Waals surface area contributed by atoms with Gasteiger partial charge in [-0.15, -0.1) is 0 Å².